The lowest BCUT2D eigenvalue weighted by atomic mass is 10.3. The molecular formula is C21H23N9O3. The molecule has 33 heavy (non-hydrogen) atoms. The SMILES string of the molecule is Cc1cnc(NC(=O)[C@H](COC(C)C)Oc2ncnc3c2cnn3-c2nccnc2C)cn1. The molecule has 0 radical (unpaired) electrons. The number of hydrogen-bond donors (Lipinski definition) is 1. The summed E-state index contributed by atoms with van der Waals surface area (Å²) < 4.78 is 13.2. The second-order valence-corrected chi connectivity index (χ2v) is 7.46. The fourth-order valence-corrected chi connectivity index (χ4v) is 2.92. The summed E-state index contributed by atoms with van der Waals surface area (Å²) in [5, 5.41) is 7.58. The lowest BCUT2D eigenvalue weighted by molar-refractivity contribution is -0.126. The van der Waals surface area contributed by atoms with Gasteiger partial charge in [-0.3, -0.25) is 14.8 Å². The van der Waals surface area contributed by atoms with Crippen LogP contribution in [0.3, 0.4) is 0 Å². The van der Waals surface area contributed by atoms with E-state index in [1.54, 1.807) is 29.5 Å². The number of rotatable bonds is 8. The van der Waals surface area contributed by atoms with Gasteiger partial charge in [0.2, 0.25) is 12.0 Å². The van der Waals surface area contributed by atoms with Crippen LogP contribution in [0.5, 0.6) is 5.88 Å². The average molecular weight is 449 g/mol. The van der Waals surface area contributed by atoms with Crippen LogP contribution < -0.4 is 10.1 Å². The summed E-state index contributed by atoms with van der Waals surface area (Å²) in [5.74, 6) is 0.586. The number of anilines is 1. The number of carbonyl (C=O) groups excluding carboxylic acids is 1. The highest BCUT2D eigenvalue weighted by Gasteiger charge is 2.25. The van der Waals surface area contributed by atoms with E-state index in [9.17, 15) is 4.79 Å². The standard InChI is InChI=1S/C21H23N9O3/c1-12(2)32-10-16(20(31)29-17-9-24-13(3)7-25-17)33-21-15-8-28-30(19(15)26-11-27-21)18-14(4)22-5-6-23-18/h5-9,11-12,16H,10H2,1-4H3,(H,25,29,31)/t16-/m0/s1. The van der Waals surface area contributed by atoms with Crippen molar-refractivity contribution in [2.24, 2.45) is 0 Å². The van der Waals surface area contributed by atoms with E-state index in [-0.39, 0.29) is 18.6 Å². The van der Waals surface area contributed by atoms with Crippen LogP contribution in [0, 0.1) is 13.8 Å². The number of fused-ring (bicyclic) bond motifs is 1. The predicted octanol–water partition coefficient (Wildman–Crippen LogP) is 1.82. The third-order valence-corrected chi connectivity index (χ3v) is 4.54. The quantitative estimate of drug-likeness (QED) is 0.423. The maximum Gasteiger partial charge on any atom is 0.269 e. The summed E-state index contributed by atoms with van der Waals surface area (Å²) in [5.41, 5.74) is 1.89. The molecule has 4 aromatic rings. The highest BCUT2D eigenvalue weighted by Crippen LogP contribution is 2.24. The number of nitrogens with zero attached hydrogens (tertiary/aromatic N) is 8. The Kier molecular flexibility index (Phi) is 6.45. The number of nitrogens with one attached hydrogen (secondary N) is 1. The Balaban J connectivity index is 1.62. The Labute approximate surface area is 189 Å². The summed E-state index contributed by atoms with van der Waals surface area (Å²) in [6.45, 7) is 7.38. The van der Waals surface area contributed by atoms with Gasteiger partial charge in [0.05, 0.1) is 42.7 Å². The van der Waals surface area contributed by atoms with Gasteiger partial charge >= 0.3 is 0 Å². The third kappa shape index (κ3) is 5.06. The fourth-order valence-electron chi connectivity index (χ4n) is 2.92. The fraction of sp³-hybridized carbons (Fsp3) is 0.333. The van der Waals surface area contributed by atoms with Gasteiger partial charge in [0, 0.05) is 12.4 Å². The van der Waals surface area contributed by atoms with E-state index in [0.717, 1.165) is 5.69 Å². The van der Waals surface area contributed by atoms with Gasteiger partial charge in [0.1, 0.15) is 11.7 Å². The Morgan fingerprint density at radius 1 is 1.03 bits per heavy atom. The van der Waals surface area contributed by atoms with Crippen LogP contribution in [0.25, 0.3) is 16.9 Å². The van der Waals surface area contributed by atoms with Crippen molar-refractivity contribution in [2.45, 2.75) is 39.9 Å². The zero-order chi connectivity index (χ0) is 23.4. The van der Waals surface area contributed by atoms with Crippen molar-refractivity contribution in [3.63, 3.8) is 0 Å². The lowest BCUT2D eigenvalue weighted by Gasteiger charge is -2.19. The molecule has 4 heterocycles. The van der Waals surface area contributed by atoms with Gasteiger partial charge < -0.3 is 14.8 Å². The van der Waals surface area contributed by atoms with Crippen molar-refractivity contribution in [3.8, 4) is 11.7 Å². The Morgan fingerprint density at radius 2 is 1.85 bits per heavy atom. The molecule has 0 aliphatic heterocycles. The first kappa shape index (κ1) is 22.1. The molecule has 0 aliphatic carbocycles. The van der Waals surface area contributed by atoms with Gasteiger partial charge in [0.15, 0.2) is 17.3 Å². The van der Waals surface area contributed by atoms with Crippen molar-refractivity contribution in [1.82, 2.24) is 39.7 Å². The summed E-state index contributed by atoms with van der Waals surface area (Å²) in [4.78, 5) is 38.4. The molecule has 12 heteroatoms. The predicted molar refractivity (Wildman–Crippen MR) is 118 cm³/mol. The topological polar surface area (TPSA) is 143 Å². The summed E-state index contributed by atoms with van der Waals surface area (Å²) in [7, 11) is 0. The van der Waals surface area contributed by atoms with Crippen LogP contribution in [0.4, 0.5) is 5.82 Å². The van der Waals surface area contributed by atoms with E-state index in [2.05, 4.69) is 40.3 Å². The molecule has 0 spiro atoms. The minimum atomic E-state index is -1.00. The zero-order valence-corrected chi connectivity index (χ0v) is 18.6. The molecule has 12 nitrogen and oxygen atoms in total. The van der Waals surface area contributed by atoms with E-state index >= 15 is 0 Å². The van der Waals surface area contributed by atoms with Crippen LogP contribution in [-0.4, -0.2) is 64.4 Å². The van der Waals surface area contributed by atoms with E-state index in [1.165, 1.54) is 12.5 Å². The molecule has 170 valence electrons. The number of aryl methyl sites for hydroxylation is 2. The number of amides is 1. The normalized spacial score (nSPS) is 12.2. The molecule has 1 amide bonds. The van der Waals surface area contributed by atoms with Crippen molar-refractivity contribution in [3.05, 3.63) is 48.7 Å². The number of aromatic nitrogens is 8. The van der Waals surface area contributed by atoms with E-state index < -0.39 is 12.0 Å². The van der Waals surface area contributed by atoms with E-state index in [4.69, 9.17) is 9.47 Å². The molecule has 0 saturated carbocycles. The molecule has 1 atom stereocenters. The van der Waals surface area contributed by atoms with Gasteiger partial charge in [-0.2, -0.15) is 9.78 Å². The minimum absolute atomic E-state index is 0.00565. The first-order chi connectivity index (χ1) is 15.9. The van der Waals surface area contributed by atoms with Gasteiger partial charge in [0.25, 0.3) is 5.91 Å². The second kappa shape index (κ2) is 9.61. The van der Waals surface area contributed by atoms with Gasteiger partial charge in [-0.1, -0.05) is 0 Å². The smallest absolute Gasteiger partial charge is 0.269 e. The van der Waals surface area contributed by atoms with Gasteiger partial charge in [-0.05, 0) is 27.7 Å². The molecule has 0 saturated heterocycles. The minimum Gasteiger partial charge on any atom is -0.461 e. The highest BCUT2D eigenvalue weighted by atomic mass is 16.5. The van der Waals surface area contributed by atoms with Crippen molar-refractivity contribution in [2.75, 3.05) is 11.9 Å². The Hall–Kier alpha value is -4.06. The Morgan fingerprint density at radius 3 is 2.58 bits per heavy atom. The summed E-state index contributed by atoms with van der Waals surface area (Å²) >= 11 is 0. The van der Waals surface area contributed by atoms with Crippen LogP contribution in [0.15, 0.2) is 37.3 Å². The summed E-state index contributed by atoms with van der Waals surface area (Å²) in [6, 6.07) is 0. The molecule has 0 aliphatic rings. The highest BCUT2D eigenvalue weighted by molar-refractivity contribution is 5.94. The Bertz CT molecular complexity index is 1260. The largest absolute Gasteiger partial charge is 0.461 e. The molecular weight excluding hydrogens is 426 g/mol. The monoisotopic (exact) mass is 449 g/mol. The van der Waals surface area contributed by atoms with Crippen molar-refractivity contribution < 1.29 is 14.3 Å². The van der Waals surface area contributed by atoms with Crippen LogP contribution in [0.1, 0.15) is 25.2 Å². The average Bonchev–Trinajstić information content (AvgIpc) is 3.23. The first-order valence-electron chi connectivity index (χ1n) is 10.3. The third-order valence-electron chi connectivity index (χ3n) is 4.54. The van der Waals surface area contributed by atoms with E-state index in [0.29, 0.717) is 28.4 Å². The molecule has 0 unspecified atom stereocenters. The number of hydrogen-bond acceptors (Lipinski definition) is 10. The molecule has 4 rings (SSSR count). The van der Waals surface area contributed by atoms with Crippen molar-refractivity contribution >= 4 is 22.8 Å². The maximum absolute atomic E-state index is 13.0. The summed E-state index contributed by atoms with van der Waals surface area (Å²) in [6.07, 6.45) is 8.01. The zero-order valence-electron chi connectivity index (χ0n) is 18.6. The van der Waals surface area contributed by atoms with Gasteiger partial charge in [-0.15, -0.1) is 0 Å². The molecule has 1 N–H and O–H groups in total. The number of carbonyl (C=O) groups is 1. The second-order valence-electron chi connectivity index (χ2n) is 7.46. The van der Waals surface area contributed by atoms with Gasteiger partial charge in [-0.25, -0.2) is 19.9 Å². The van der Waals surface area contributed by atoms with Crippen LogP contribution in [-0.2, 0) is 9.53 Å². The molecule has 0 aromatic carbocycles. The van der Waals surface area contributed by atoms with Crippen LogP contribution >= 0.6 is 0 Å². The molecule has 0 fully saturated rings. The lowest BCUT2D eigenvalue weighted by Crippen LogP contribution is -2.38. The molecule has 0 bridgehead atoms. The van der Waals surface area contributed by atoms with Crippen LogP contribution in [0.2, 0.25) is 0 Å². The molecule has 4 aromatic heterocycles. The number of ether oxygens (including phenoxy) is 2. The first-order valence-corrected chi connectivity index (χ1v) is 10.3. The van der Waals surface area contributed by atoms with Crippen molar-refractivity contribution in [1.29, 1.82) is 0 Å². The van der Waals surface area contributed by atoms with E-state index in [1.807, 2.05) is 27.7 Å². The maximum atomic E-state index is 13.0.